The van der Waals surface area contributed by atoms with E-state index >= 15 is 0 Å². The van der Waals surface area contributed by atoms with E-state index in [9.17, 15) is 4.79 Å². The van der Waals surface area contributed by atoms with Gasteiger partial charge in [-0.2, -0.15) is 10.1 Å². The molecule has 2 aromatic rings. The van der Waals surface area contributed by atoms with Crippen LogP contribution in [0.5, 0.6) is 0 Å². The third-order valence-electron chi connectivity index (χ3n) is 4.59. The molecule has 1 aliphatic heterocycles. The number of esters is 1. The Morgan fingerprint density at radius 3 is 2.96 bits per heavy atom. The lowest BCUT2D eigenvalue weighted by Crippen LogP contribution is -2.40. The molecule has 26 heavy (non-hydrogen) atoms. The Morgan fingerprint density at radius 2 is 2.15 bits per heavy atom. The first kappa shape index (κ1) is 18.1. The molecule has 1 atom stereocenters. The van der Waals surface area contributed by atoms with Crippen LogP contribution >= 0.6 is 0 Å². The summed E-state index contributed by atoms with van der Waals surface area (Å²) in [4.78, 5) is 19.0. The van der Waals surface area contributed by atoms with E-state index in [1.165, 1.54) is 6.42 Å². The Balaban J connectivity index is 1.82. The van der Waals surface area contributed by atoms with Gasteiger partial charge >= 0.3 is 5.97 Å². The second-order valence-electron chi connectivity index (χ2n) is 6.28. The topological polar surface area (TPSA) is 80.2 Å². The smallest absolute Gasteiger partial charge is 0.340 e. The maximum Gasteiger partial charge on any atom is 0.340 e. The predicted molar refractivity (Wildman–Crippen MR) is 101 cm³/mol. The molecule has 1 aromatic heterocycles. The number of rotatable bonds is 6. The molecule has 3 rings (SSSR count). The second-order valence-corrected chi connectivity index (χ2v) is 6.28. The lowest BCUT2D eigenvalue weighted by Gasteiger charge is -2.34. The number of carbonyl (C=O) groups excluding carboxylic acids is 1. The molecule has 7 nitrogen and oxygen atoms in total. The summed E-state index contributed by atoms with van der Waals surface area (Å²) in [6.45, 7) is 5.26. The van der Waals surface area contributed by atoms with E-state index in [1.807, 2.05) is 12.1 Å². The van der Waals surface area contributed by atoms with E-state index in [-0.39, 0.29) is 5.97 Å². The van der Waals surface area contributed by atoms with E-state index in [1.54, 1.807) is 25.3 Å². The van der Waals surface area contributed by atoms with Crippen molar-refractivity contribution in [2.24, 2.45) is 0 Å². The Morgan fingerprint density at radius 1 is 1.31 bits per heavy atom. The van der Waals surface area contributed by atoms with Crippen LogP contribution in [0.15, 0.2) is 30.5 Å². The Labute approximate surface area is 153 Å². The monoisotopic (exact) mass is 355 g/mol. The summed E-state index contributed by atoms with van der Waals surface area (Å²) >= 11 is 0. The summed E-state index contributed by atoms with van der Waals surface area (Å²) in [6.07, 6.45) is 6.17. The molecule has 1 N–H and O–H groups in total. The van der Waals surface area contributed by atoms with Crippen molar-refractivity contribution >= 4 is 23.4 Å². The van der Waals surface area contributed by atoms with Crippen molar-refractivity contribution in [2.75, 3.05) is 23.4 Å². The molecular weight excluding hydrogens is 330 g/mol. The van der Waals surface area contributed by atoms with Gasteiger partial charge in [0.25, 0.3) is 0 Å². The summed E-state index contributed by atoms with van der Waals surface area (Å²) in [5, 5.41) is 11.5. The van der Waals surface area contributed by atoms with Gasteiger partial charge in [-0.25, -0.2) is 4.79 Å². The summed E-state index contributed by atoms with van der Waals surface area (Å²) in [5.41, 5.74) is 1.11. The van der Waals surface area contributed by atoms with E-state index in [4.69, 9.17) is 4.74 Å². The molecule has 2 heterocycles. The van der Waals surface area contributed by atoms with E-state index in [0.29, 0.717) is 35.7 Å². The summed E-state index contributed by atoms with van der Waals surface area (Å²) in [6, 6.07) is 7.67. The van der Waals surface area contributed by atoms with E-state index in [2.05, 4.69) is 32.3 Å². The van der Waals surface area contributed by atoms with Gasteiger partial charge in [0, 0.05) is 12.6 Å². The van der Waals surface area contributed by atoms with Gasteiger partial charge in [0.2, 0.25) is 5.95 Å². The molecule has 0 spiro atoms. The van der Waals surface area contributed by atoms with Crippen LogP contribution in [-0.4, -0.2) is 40.3 Å². The lowest BCUT2D eigenvalue weighted by molar-refractivity contribution is 0.0527. The molecule has 1 aromatic carbocycles. The highest BCUT2D eigenvalue weighted by atomic mass is 16.5. The number of para-hydroxylation sites is 1. The molecule has 0 saturated carbocycles. The largest absolute Gasteiger partial charge is 0.462 e. The first-order chi connectivity index (χ1) is 12.7. The fourth-order valence-electron chi connectivity index (χ4n) is 3.28. The Hall–Kier alpha value is -2.70. The zero-order valence-electron chi connectivity index (χ0n) is 15.3. The van der Waals surface area contributed by atoms with E-state index in [0.717, 1.165) is 25.8 Å². The molecule has 1 aliphatic rings. The zero-order valence-corrected chi connectivity index (χ0v) is 15.3. The first-order valence-corrected chi connectivity index (χ1v) is 9.22. The van der Waals surface area contributed by atoms with Gasteiger partial charge in [-0.3, -0.25) is 0 Å². The van der Waals surface area contributed by atoms with Crippen molar-refractivity contribution in [3.63, 3.8) is 0 Å². The van der Waals surface area contributed by atoms with Crippen LogP contribution in [0, 0.1) is 0 Å². The number of nitrogens with one attached hydrogen (secondary N) is 1. The van der Waals surface area contributed by atoms with Crippen LogP contribution in [0.4, 0.5) is 17.5 Å². The normalized spacial score (nSPS) is 17.0. The number of ether oxygens (including phenoxy) is 1. The van der Waals surface area contributed by atoms with Crippen molar-refractivity contribution in [3.8, 4) is 0 Å². The van der Waals surface area contributed by atoms with Gasteiger partial charge in [0.05, 0.1) is 24.1 Å². The number of nitrogens with zero attached hydrogens (tertiary/aromatic N) is 4. The number of benzene rings is 1. The van der Waals surface area contributed by atoms with Crippen molar-refractivity contribution in [3.05, 3.63) is 36.0 Å². The molecule has 0 bridgehead atoms. The quantitative estimate of drug-likeness (QED) is 0.794. The van der Waals surface area contributed by atoms with Crippen molar-refractivity contribution in [1.82, 2.24) is 15.2 Å². The number of aromatic nitrogens is 3. The van der Waals surface area contributed by atoms with E-state index < -0.39 is 0 Å². The maximum atomic E-state index is 12.1. The molecule has 0 amide bonds. The summed E-state index contributed by atoms with van der Waals surface area (Å²) < 4.78 is 5.12. The highest BCUT2D eigenvalue weighted by molar-refractivity contribution is 5.96. The highest BCUT2D eigenvalue weighted by Crippen LogP contribution is 2.25. The minimum absolute atomic E-state index is 0.333. The SMILES string of the molecule is CCOC(=O)c1ccccc1Nc1cnnc(N2CCCCC2CC)n1. The molecule has 138 valence electrons. The second kappa shape index (κ2) is 8.60. The molecule has 7 heteroatoms. The minimum Gasteiger partial charge on any atom is -0.462 e. The molecule has 1 unspecified atom stereocenters. The number of carbonyl (C=O) groups is 1. The van der Waals surface area contributed by atoms with Crippen LogP contribution in [-0.2, 0) is 4.74 Å². The average molecular weight is 355 g/mol. The third-order valence-corrected chi connectivity index (χ3v) is 4.59. The van der Waals surface area contributed by atoms with Crippen LogP contribution in [0.1, 0.15) is 49.9 Å². The van der Waals surface area contributed by atoms with Gasteiger partial charge in [-0.05, 0) is 44.7 Å². The van der Waals surface area contributed by atoms with Gasteiger partial charge in [0.1, 0.15) is 0 Å². The van der Waals surface area contributed by atoms with Crippen LogP contribution < -0.4 is 10.2 Å². The third kappa shape index (κ3) is 4.09. The van der Waals surface area contributed by atoms with Crippen LogP contribution in [0.3, 0.4) is 0 Å². The molecule has 1 saturated heterocycles. The van der Waals surface area contributed by atoms with Gasteiger partial charge in [-0.1, -0.05) is 19.1 Å². The minimum atomic E-state index is -0.361. The average Bonchev–Trinajstić information content (AvgIpc) is 2.69. The maximum absolute atomic E-state index is 12.1. The molecular formula is C19H25N5O2. The Bertz CT molecular complexity index is 752. The summed E-state index contributed by atoms with van der Waals surface area (Å²) in [5.74, 6) is 0.835. The Kier molecular flexibility index (Phi) is 5.99. The van der Waals surface area contributed by atoms with Gasteiger partial charge in [-0.15, -0.1) is 5.10 Å². The van der Waals surface area contributed by atoms with Crippen molar-refractivity contribution in [2.45, 2.75) is 45.6 Å². The van der Waals surface area contributed by atoms with Crippen molar-refractivity contribution < 1.29 is 9.53 Å². The first-order valence-electron chi connectivity index (χ1n) is 9.22. The fraction of sp³-hybridized carbons (Fsp3) is 0.474. The number of anilines is 3. The van der Waals surface area contributed by atoms with Crippen LogP contribution in [0.2, 0.25) is 0 Å². The van der Waals surface area contributed by atoms with Gasteiger partial charge in [0.15, 0.2) is 5.82 Å². The van der Waals surface area contributed by atoms with Crippen LogP contribution in [0.25, 0.3) is 0 Å². The number of hydrogen-bond donors (Lipinski definition) is 1. The fourth-order valence-corrected chi connectivity index (χ4v) is 3.28. The standard InChI is InChI=1S/C19H25N5O2/c1-3-14-9-7-8-12-24(14)19-22-17(13-20-23-19)21-16-11-6-5-10-15(16)18(25)26-4-2/h5-6,10-11,13-14H,3-4,7-9,12H2,1-2H3,(H,21,22,23). The van der Waals surface area contributed by atoms with Gasteiger partial charge < -0.3 is 15.0 Å². The zero-order chi connectivity index (χ0) is 18.4. The molecule has 1 fully saturated rings. The summed E-state index contributed by atoms with van der Waals surface area (Å²) in [7, 11) is 0. The molecule has 0 radical (unpaired) electrons. The predicted octanol–water partition coefficient (Wildman–Crippen LogP) is 3.56. The van der Waals surface area contributed by atoms with Crippen molar-refractivity contribution in [1.29, 1.82) is 0 Å². The number of piperidine rings is 1. The number of hydrogen-bond acceptors (Lipinski definition) is 7. The highest BCUT2D eigenvalue weighted by Gasteiger charge is 2.23. The lowest BCUT2D eigenvalue weighted by atomic mass is 10.0. The molecule has 0 aliphatic carbocycles.